The Morgan fingerprint density at radius 3 is 2.67 bits per heavy atom. The number of hydrogen-bond acceptors (Lipinski definition) is 6. The number of aromatic nitrogens is 1. The van der Waals surface area contributed by atoms with Gasteiger partial charge in [-0.25, -0.2) is 8.78 Å². The van der Waals surface area contributed by atoms with E-state index in [1.165, 1.54) is 10.8 Å². The van der Waals surface area contributed by atoms with E-state index in [0.717, 1.165) is 25.1 Å². The summed E-state index contributed by atoms with van der Waals surface area (Å²) in [6.07, 6.45) is 1.93. The lowest BCUT2D eigenvalue weighted by Gasteiger charge is -2.33. The highest BCUT2D eigenvalue weighted by Crippen LogP contribution is 2.16. The fourth-order valence-corrected chi connectivity index (χ4v) is 3.26. The predicted octanol–water partition coefficient (Wildman–Crippen LogP) is 1.25. The number of nitrogens with zero attached hydrogens (tertiary/aromatic N) is 2. The maximum atomic E-state index is 13.3. The summed E-state index contributed by atoms with van der Waals surface area (Å²) < 4.78 is 33.5. The minimum Gasteiger partial charge on any atom is -0.503 e. The molecule has 0 aliphatic carbocycles. The molecule has 2 heterocycles. The number of nitrogens with one attached hydrogen (secondary N) is 1. The van der Waals surface area contributed by atoms with Crippen molar-refractivity contribution in [2.75, 3.05) is 20.2 Å². The standard InChI is InChI=1S/C20H21F2N3O5/c1-24-3-2-4-30-17(24)10-25-9-15(18(27)19(28)16(25)11-26)20(29)23-8-12-5-13(21)7-14(22)6-12/h5-7,9,11,17,28H,2-4,8,10H2,1H3,(H,23,29). The lowest BCUT2D eigenvalue weighted by molar-refractivity contribution is -0.0910. The van der Waals surface area contributed by atoms with Crippen molar-refractivity contribution in [2.45, 2.75) is 25.7 Å². The summed E-state index contributed by atoms with van der Waals surface area (Å²) in [6.45, 7) is 1.16. The van der Waals surface area contributed by atoms with E-state index in [4.69, 9.17) is 4.74 Å². The highest BCUT2D eigenvalue weighted by Gasteiger charge is 2.24. The maximum Gasteiger partial charge on any atom is 0.257 e. The Hall–Kier alpha value is -3.11. The van der Waals surface area contributed by atoms with E-state index >= 15 is 0 Å². The zero-order valence-electron chi connectivity index (χ0n) is 16.2. The van der Waals surface area contributed by atoms with E-state index < -0.39 is 40.5 Å². The third-order valence-electron chi connectivity index (χ3n) is 4.84. The van der Waals surface area contributed by atoms with Crippen LogP contribution in [0.25, 0.3) is 0 Å². The van der Waals surface area contributed by atoms with Gasteiger partial charge in [0.25, 0.3) is 5.91 Å². The van der Waals surface area contributed by atoms with Gasteiger partial charge in [-0.1, -0.05) is 0 Å². The number of carbonyl (C=O) groups is 2. The average molecular weight is 421 g/mol. The summed E-state index contributed by atoms with van der Waals surface area (Å²) in [5, 5.41) is 12.6. The first-order chi connectivity index (χ1) is 14.3. The fraction of sp³-hybridized carbons (Fsp3) is 0.350. The summed E-state index contributed by atoms with van der Waals surface area (Å²) in [4.78, 5) is 38.2. The molecule has 2 N–H and O–H groups in total. The molecule has 0 saturated carbocycles. The van der Waals surface area contributed by atoms with Crippen LogP contribution in [0.15, 0.2) is 29.2 Å². The average Bonchev–Trinajstić information content (AvgIpc) is 2.70. The molecule has 2 aromatic rings. The second-order valence-electron chi connectivity index (χ2n) is 7.00. The van der Waals surface area contributed by atoms with Crippen molar-refractivity contribution in [2.24, 2.45) is 0 Å². The largest absolute Gasteiger partial charge is 0.503 e. The SMILES string of the molecule is CN1CCCOC1Cn1cc(C(=O)NCc2cc(F)cc(F)c2)c(=O)c(O)c1C=O. The zero-order valence-corrected chi connectivity index (χ0v) is 16.2. The molecular formula is C20H21F2N3O5. The van der Waals surface area contributed by atoms with Crippen LogP contribution in [0.2, 0.25) is 0 Å². The Bertz CT molecular complexity index is 1000. The van der Waals surface area contributed by atoms with Crippen molar-refractivity contribution in [3.05, 3.63) is 63.1 Å². The number of benzene rings is 1. The second-order valence-corrected chi connectivity index (χ2v) is 7.00. The number of carbonyl (C=O) groups excluding carboxylic acids is 2. The van der Waals surface area contributed by atoms with Crippen molar-refractivity contribution in [1.29, 1.82) is 0 Å². The number of aromatic hydroxyl groups is 1. The van der Waals surface area contributed by atoms with E-state index in [2.05, 4.69) is 5.32 Å². The van der Waals surface area contributed by atoms with Crippen LogP contribution in [0.4, 0.5) is 8.78 Å². The topological polar surface area (TPSA) is 101 Å². The number of halogens is 2. The van der Waals surface area contributed by atoms with Gasteiger partial charge in [0.1, 0.15) is 29.1 Å². The van der Waals surface area contributed by atoms with Crippen molar-refractivity contribution in [3.63, 3.8) is 0 Å². The van der Waals surface area contributed by atoms with Crippen LogP contribution in [-0.2, 0) is 17.8 Å². The number of rotatable bonds is 6. The van der Waals surface area contributed by atoms with Crippen LogP contribution >= 0.6 is 0 Å². The van der Waals surface area contributed by atoms with Gasteiger partial charge in [-0.15, -0.1) is 0 Å². The quantitative estimate of drug-likeness (QED) is 0.681. The lowest BCUT2D eigenvalue weighted by atomic mass is 10.1. The number of hydrogen-bond donors (Lipinski definition) is 2. The lowest BCUT2D eigenvalue weighted by Crippen LogP contribution is -2.43. The number of ether oxygens (including phenoxy) is 1. The second kappa shape index (κ2) is 9.14. The van der Waals surface area contributed by atoms with Crippen LogP contribution in [0, 0.1) is 11.6 Å². The summed E-state index contributed by atoms with van der Waals surface area (Å²) >= 11 is 0. The van der Waals surface area contributed by atoms with E-state index in [1.54, 1.807) is 0 Å². The number of amides is 1. The first kappa shape index (κ1) is 21.6. The highest BCUT2D eigenvalue weighted by atomic mass is 19.1. The van der Waals surface area contributed by atoms with Gasteiger partial charge in [0, 0.05) is 32.0 Å². The Morgan fingerprint density at radius 2 is 2.03 bits per heavy atom. The minimum absolute atomic E-state index is 0.105. The number of aldehydes is 1. The molecule has 160 valence electrons. The Labute approximate surface area is 170 Å². The molecule has 30 heavy (non-hydrogen) atoms. The summed E-state index contributed by atoms with van der Waals surface area (Å²) in [6, 6.07) is 2.79. The Morgan fingerprint density at radius 1 is 1.33 bits per heavy atom. The molecule has 8 nitrogen and oxygen atoms in total. The minimum atomic E-state index is -1.02. The normalized spacial score (nSPS) is 17.0. The first-order valence-corrected chi connectivity index (χ1v) is 9.26. The smallest absolute Gasteiger partial charge is 0.257 e. The molecule has 1 saturated heterocycles. The van der Waals surface area contributed by atoms with E-state index in [1.807, 2.05) is 11.9 Å². The molecule has 3 rings (SSSR count). The van der Waals surface area contributed by atoms with Crippen molar-refractivity contribution >= 4 is 12.2 Å². The molecule has 1 aliphatic rings. The van der Waals surface area contributed by atoms with Gasteiger partial charge < -0.3 is 19.7 Å². The van der Waals surface area contributed by atoms with Gasteiger partial charge in [0.2, 0.25) is 5.43 Å². The maximum absolute atomic E-state index is 13.3. The highest BCUT2D eigenvalue weighted by molar-refractivity contribution is 5.95. The third-order valence-corrected chi connectivity index (χ3v) is 4.84. The molecule has 0 spiro atoms. The molecule has 1 aliphatic heterocycles. The number of likely N-dealkylation sites (N-methyl/N-ethyl adjacent to an activating group) is 1. The van der Waals surface area contributed by atoms with Crippen molar-refractivity contribution < 1.29 is 28.2 Å². The number of pyridine rings is 1. The fourth-order valence-electron chi connectivity index (χ4n) is 3.26. The molecule has 1 atom stereocenters. The van der Waals surface area contributed by atoms with Crippen molar-refractivity contribution in [3.8, 4) is 5.75 Å². The Balaban J connectivity index is 1.86. The van der Waals surface area contributed by atoms with Gasteiger partial charge >= 0.3 is 0 Å². The summed E-state index contributed by atoms with van der Waals surface area (Å²) in [5.74, 6) is -3.31. The molecule has 1 unspecified atom stereocenters. The predicted molar refractivity (Wildman–Crippen MR) is 102 cm³/mol. The Kier molecular flexibility index (Phi) is 6.58. The zero-order chi connectivity index (χ0) is 21.8. The molecule has 1 amide bonds. The summed E-state index contributed by atoms with van der Waals surface area (Å²) in [7, 11) is 1.83. The molecular weight excluding hydrogens is 400 g/mol. The van der Waals surface area contributed by atoms with E-state index in [-0.39, 0.29) is 24.3 Å². The van der Waals surface area contributed by atoms with Crippen molar-refractivity contribution in [1.82, 2.24) is 14.8 Å². The molecule has 10 heteroatoms. The first-order valence-electron chi connectivity index (χ1n) is 9.26. The summed E-state index contributed by atoms with van der Waals surface area (Å²) in [5.41, 5.74) is -1.54. The molecule has 1 fully saturated rings. The van der Waals surface area contributed by atoms with Gasteiger partial charge in [-0.05, 0) is 31.2 Å². The third kappa shape index (κ3) is 4.71. The molecule has 1 aromatic carbocycles. The van der Waals surface area contributed by atoms with Crippen LogP contribution in [0.1, 0.15) is 32.8 Å². The van der Waals surface area contributed by atoms with Gasteiger partial charge in [0.05, 0.1) is 6.54 Å². The van der Waals surface area contributed by atoms with Gasteiger partial charge in [-0.3, -0.25) is 19.3 Å². The monoisotopic (exact) mass is 421 g/mol. The van der Waals surface area contributed by atoms with Crippen LogP contribution in [0.3, 0.4) is 0 Å². The van der Waals surface area contributed by atoms with E-state index in [9.17, 15) is 28.3 Å². The molecule has 0 bridgehead atoms. The molecule has 0 radical (unpaired) electrons. The molecule has 1 aromatic heterocycles. The van der Waals surface area contributed by atoms with Gasteiger partial charge in [-0.2, -0.15) is 0 Å². The van der Waals surface area contributed by atoms with Crippen LogP contribution < -0.4 is 10.7 Å². The van der Waals surface area contributed by atoms with Crippen LogP contribution in [0.5, 0.6) is 5.75 Å². The van der Waals surface area contributed by atoms with Crippen LogP contribution in [-0.4, -0.2) is 53.2 Å². The van der Waals surface area contributed by atoms with E-state index in [0.29, 0.717) is 19.0 Å². The van der Waals surface area contributed by atoms with Gasteiger partial charge in [0.15, 0.2) is 12.0 Å².